The first kappa shape index (κ1) is 12.6. The Hall–Kier alpha value is -1.84. The molecule has 18 heavy (non-hydrogen) atoms. The van der Waals surface area contributed by atoms with Crippen LogP contribution in [-0.2, 0) is 9.59 Å². The number of hydrogen-bond donors (Lipinski definition) is 0. The minimum absolute atomic E-state index is 0.0484. The lowest BCUT2D eigenvalue weighted by molar-refractivity contribution is -0.129. The number of Topliss-reactive ketones (excluding diaryl/α,β-unsaturated/α-hetero) is 1. The predicted octanol–water partition coefficient (Wildman–Crippen LogP) is 2.17. The van der Waals surface area contributed by atoms with E-state index in [0.717, 1.165) is 0 Å². The van der Waals surface area contributed by atoms with Gasteiger partial charge < -0.3 is 4.74 Å². The van der Waals surface area contributed by atoms with Crippen molar-refractivity contribution < 1.29 is 14.3 Å². The summed E-state index contributed by atoms with van der Waals surface area (Å²) < 4.78 is 5.54. The lowest BCUT2D eigenvalue weighted by atomic mass is 10.1. The number of para-hydroxylation sites is 2. The molecule has 0 bridgehead atoms. The van der Waals surface area contributed by atoms with Crippen LogP contribution in [0.4, 0.5) is 5.69 Å². The van der Waals surface area contributed by atoms with Crippen molar-refractivity contribution in [2.75, 3.05) is 4.90 Å². The van der Waals surface area contributed by atoms with Gasteiger partial charge in [-0.05, 0) is 26.0 Å². The number of nitrogens with zero attached hydrogens (tertiary/aromatic N) is 1. The van der Waals surface area contributed by atoms with Crippen LogP contribution in [0.5, 0.6) is 5.75 Å². The number of amides is 1. The highest BCUT2D eigenvalue weighted by Crippen LogP contribution is 2.35. The van der Waals surface area contributed by atoms with Crippen LogP contribution in [0.2, 0.25) is 0 Å². The molecule has 4 heteroatoms. The number of anilines is 1. The summed E-state index contributed by atoms with van der Waals surface area (Å²) >= 11 is 0. The first-order valence-corrected chi connectivity index (χ1v) is 6.17. The van der Waals surface area contributed by atoms with E-state index in [0.29, 0.717) is 17.9 Å². The van der Waals surface area contributed by atoms with Crippen molar-refractivity contribution in [2.45, 2.75) is 39.3 Å². The second kappa shape index (κ2) is 4.80. The highest BCUT2D eigenvalue weighted by molar-refractivity contribution is 6.05. The molecule has 1 amide bonds. The Bertz CT molecular complexity index is 484. The van der Waals surface area contributed by atoms with E-state index < -0.39 is 12.1 Å². The summed E-state index contributed by atoms with van der Waals surface area (Å²) in [5.41, 5.74) is 0.676. The van der Waals surface area contributed by atoms with Crippen LogP contribution in [-0.4, -0.2) is 23.8 Å². The molecule has 1 heterocycles. The van der Waals surface area contributed by atoms with Gasteiger partial charge in [0, 0.05) is 6.42 Å². The van der Waals surface area contributed by atoms with Crippen LogP contribution >= 0.6 is 0 Å². The van der Waals surface area contributed by atoms with Gasteiger partial charge in [-0.1, -0.05) is 19.1 Å². The van der Waals surface area contributed by atoms with E-state index in [1.165, 1.54) is 0 Å². The smallest absolute Gasteiger partial charge is 0.268 e. The summed E-state index contributed by atoms with van der Waals surface area (Å²) in [6, 6.07) is 6.86. The van der Waals surface area contributed by atoms with E-state index >= 15 is 0 Å². The Morgan fingerprint density at radius 1 is 1.44 bits per heavy atom. The summed E-state index contributed by atoms with van der Waals surface area (Å²) in [6.45, 7) is 5.27. The van der Waals surface area contributed by atoms with Gasteiger partial charge in [0.25, 0.3) is 5.91 Å². The standard InChI is InChI=1S/C14H17NO3/c1-4-12(16)9(2)15-11-7-5-6-8-13(11)18-10(3)14(15)17/h5-10H,4H2,1-3H3. The number of benzene rings is 1. The molecule has 96 valence electrons. The molecule has 0 spiro atoms. The Morgan fingerprint density at radius 3 is 2.78 bits per heavy atom. The third kappa shape index (κ3) is 1.98. The Labute approximate surface area is 107 Å². The van der Waals surface area contributed by atoms with Gasteiger partial charge in [0.1, 0.15) is 5.75 Å². The van der Waals surface area contributed by atoms with Crippen LogP contribution in [0.25, 0.3) is 0 Å². The fourth-order valence-corrected chi connectivity index (χ4v) is 2.15. The molecular weight excluding hydrogens is 230 g/mol. The van der Waals surface area contributed by atoms with E-state index in [-0.39, 0.29) is 11.7 Å². The minimum Gasteiger partial charge on any atom is -0.479 e. The zero-order valence-corrected chi connectivity index (χ0v) is 10.8. The van der Waals surface area contributed by atoms with Crippen LogP contribution < -0.4 is 9.64 Å². The van der Waals surface area contributed by atoms with Gasteiger partial charge in [-0.25, -0.2) is 0 Å². The lowest BCUT2D eigenvalue weighted by Crippen LogP contribution is -2.51. The largest absolute Gasteiger partial charge is 0.479 e. The number of carbonyl (C=O) groups excluding carboxylic acids is 2. The number of ketones is 1. The van der Waals surface area contributed by atoms with Gasteiger partial charge in [0.2, 0.25) is 0 Å². The van der Waals surface area contributed by atoms with Gasteiger partial charge in [-0.2, -0.15) is 0 Å². The van der Waals surface area contributed by atoms with Gasteiger partial charge in [0.15, 0.2) is 11.9 Å². The van der Waals surface area contributed by atoms with Crippen molar-refractivity contribution in [3.05, 3.63) is 24.3 Å². The third-order valence-electron chi connectivity index (χ3n) is 3.22. The van der Waals surface area contributed by atoms with E-state index in [9.17, 15) is 9.59 Å². The summed E-state index contributed by atoms with van der Waals surface area (Å²) in [4.78, 5) is 25.6. The normalized spacial score (nSPS) is 20.1. The molecular formula is C14H17NO3. The highest BCUT2D eigenvalue weighted by Gasteiger charge is 2.36. The molecule has 0 aliphatic carbocycles. The maximum absolute atomic E-state index is 12.2. The first-order valence-electron chi connectivity index (χ1n) is 6.17. The summed E-state index contributed by atoms with van der Waals surface area (Å²) in [5.74, 6) is 0.538. The van der Waals surface area contributed by atoms with E-state index in [1.807, 2.05) is 18.2 Å². The molecule has 1 aromatic rings. The molecule has 4 nitrogen and oxygen atoms in total. The second-order valence-corrected chi connectivity index (χ2v) is 4.43. The zero-order chi connectivity index (χ0) is 13.3. The molecule has 2 unspecified atom stereocenters. The molecule has 0 fully saturated rings. The molecule has 2 atom stereocenters. The van der Waals surface area contributed by atoms with Crippen LogP contribution in [0, 0.1) is 0 Å². The Kier molecular flexibility index (Phi) is 3.36. The van der Waals surface area contributed by atoms with Crippen LogP contribution in [0.1, 0.15) is 27.2 Å². The number of hydrogen-bond acceptors (Lipinski definition) is 3. The minimum atomic E-state index is -0.549. The monoisotopic (exact) mass is 247 g/mol. The quantitative estimate of drug-likeness (QED) is 0.822. The van der Waals surface area contributed by atoms with Gasteiger partial charge >= 0.3 is 0 Å². The Balaban J connectivity index is 2.44. The first-order chi connectivity index (χ1) is 8.56. The summed E-state index contributed by atoms with van der Waals surface area (Å²) in [5, 5.41) is 0. The third-order valence-corrected chi connectivity index (χ3v) is 3.22. The van der Waals surface area contributed by atoms with Crippen molar-refractivity contribution in [3.8, 4) is 5.75 Å². The van der Waals surface area contributed by atoms with Crippen molar-refractivity contribution >= 4 is 17.4 Å². The topological polar surface area (TPSA) is 46.6 Å². The molecule has 1 aliphatic heterocycles. The molecule has 0 aromatic heterocycles. The number of rotatable bonds is 3. The molecule has 1 aliphatic rings. The van der Waals surface area contributed by atoms with Gasteiger partial charge in [0.05, 0.1) is 11.7 Å². The Morgan fingerprint density at radius 2 is 2.11 bits per heavy atom. The molecule has 0 radical (unpaired) electrons. The highest BCUT2D eigenvalue weighted by atomic mass is 16.5. The van der Waals surface area contributed by atoms with E-state index in [1.54, 1.807) is 31.7 Å². The van der Waals surface area contributed by atoms with E-state index in [2.05, 4.69) is 0 Å². The fraction of sp³-hybridized carbons (Fsp3) is 0.429. The van der Waals surface area contributed by atoms with Crippen LogP contribution in [0.3, 0.4) is 0 Å². The maximum atomic E-state index is 12.2. The molecule has 1 aromatic carbocycles. The summed E-state index contributed by atoms with van der Waals surface area (Å²) in [7, 11) is 0. The number of ether oxygens (including phenoxy) is 1. The maximum Gasteiger partial charge on any atom is 0.268 e. The zero-order valence-electron chi connectivity index (χ0n) is 10.8. The van der Waals surface area contributed by atoms with Crippen molar-refractivity contribution in [1.29, 1.82) is 0 Å². The number of fused-ring (bicyclic) bond motifs is 1. The van der Waals surface area contributed by atoms with Crippen molar-refractivity contribution in [1.82, 2.24) is 0 Å². The lowest BCUT2D eigenvalue weighted by Gasteiger charge is -2.36. The van der Waals surface area contributed by atoms with Gasteiger partial charge in [-0.15, -0.1) is 0 Å². The van der Waals surface area contributed by atoms with Crippen LogP contribution in [0.15, 0.2) is 24.3 Å². The average molecular weight is 247 g/mol. The molecule has 0 N–H and O–H groups in total. The fourth-order valence-electron chi connectivity index (χ4n) is 2.15. The molecule has 2 rings (SSSR count). The second-order valence-electron chi connectivity index (χ2n) is 4.43. The summed E-state index contributed by atoms with van der Waals surface area (Å²) in [6.07, 6.45) is -0.130. The average Bonchev–Trinajstić information content (AvgIpc) is 2.38. The number of carbonyl (C=O) groups is 2. The van der Waals surface area contributed by atoms with E-state index in [4.69, 9.17) is 4.74 Å². The molecule has 0 saturated carbocycles. The van der Waals surface area contributed by atoms with Gasteiger partial charge in [-0.3, -0.25) is 14.5 Å². The van der Waals surface area contributed by atoms with Crippen molar-refractivity contribution in [2.24, 2.45) is 0 Å². The SMILES string of the molecule is CCC(=O)C(C)N1C(=O)C(C)Oc2ccccc21. The predicted molar refractivity (Wildman–Crippen MR) is 68.8 cm³/mol. The van der Waals surface area contributed by atoms with Crippen molar-refractivity contribution in [3.63, 3.8) is 0 Å². The molecule has 0 saturated heterocycles.